The van der Waals surface area contributed by atoms with Gasteiger partial charge in [-0.2, -0.15) is 0 Å². The molecule has 2 aromatic carbocycles. The van der Waals surface area contributed by atoms with Gasteiger partial charge in [-0.3, -0.25) is 4.79 Å². The van der Waals surface area contributed by atoms with Crippen LogP contribution in [-0.2, 0) is 17.8 Å². The number of aromatic amines is 1. The van der Waals surface area contributed by atoms with E-state index in [9.17, 15) is 9.90 Å². The van der Waals surface area contributed by atoms with Crippen LogP contribution in [0.1, 0.15) is 17.4 Å². The first-order valence-electron chi connectivity index (χ1n) is 8.79. The zero-order chi connectivity index (χ0) is 18.6. The zero-order valence-electron chi connectivity index (χ0n) is 14.7. The van der Waals surface area contributed by atoms with Crippen LogP contribution in [0.15, 0.2) is 73.1 Å². The summed E-state index contributed by atoms with van der Waals surface area (Å²) in [5.41, 5.74) is 3.31. The number of aromatic nitrogens is 3. The fraction of sp³-hybridized carbons (Fsp3) is 0.143. The smallest absolute Gasteiger partial charge is 0.247 e. The minimum Gasteiger partial charge on any atom is -0.388 e. The van der Waals surface area contributed by atoms with Gasteiger partial charge in [-0.1, -0.05) is 30.3 Å². The van der Waals surface area contributed by atoms with Crippen molar-refractivity contribution in [3.8, 4) is 0 Å². The van der Waals surface area contributed by atoms with Crippen molar-refractivity contribution in [1.29, 1.82) is 0 Å². The number of fused-ring (bicyclic) bond motifs is 1. The molecular formula is C21H20N4O2. The van der Waals surface area contributed by atoms with Gasteiger partial charge in [-0.05, 0) is 35.9 Å². The summed E-state index contributed by atoms with van der Waals surface area (Å²) < 4.78 is 1.92. The number of H-pyrrole nitrogens is 1. The summed E-state index contributed by atoms with van der Waals surface area (Å²) in [5.74, 6) is 0.416. The van der Waals surface area contributed by atoms with Crippen LogP contribution in [0, 0.1) is 0 Å². The monoisotopic (exact) mass is 360 g/mol. The lowest BCUT2D eigenvalue weighted by molar-refractivity contribution is -0.119. The summed E-state index contributed by atoms with van der Waals surface area (Å²) in [7, 11) is 0. The van der Waals surface area contributed by atoms with Gasteiger partial charge in [0.2, 0.25) is 5.91 Å². The Balaban J connectivity index is 1.58. The fourth-order valence-corrected chi connectivity index (χ4v) is 3.17. The summed E-state index contributed by atoms with van der Waals surface area (Å²) in [6.07, 6.45) is 4.40. The molecule has 0 radical (unpaired) electrons. The number of carbonyl (C=O) groups is 1. The molecule has 0 bridgehead atoms. The molecule has 1 amide bonds. The maximum Gasteiger partial charge on any atom is 0.247 e. The topological polar surface area (TPSA) is 82.9 Å². The molecule has 0 spiro atoms. The number of hydrogen-bond acceptors (Lipinski definition) is 3. The summed E-state index contributed by atoms with van der Waals surface area (Å²) in [6, 6.07) is 18.9. The Labute approximate surface area is 156 Å². The molecule has 4 rings (SSSR count). The van der Waals surface area contributed by atoms with Gasteiger partial charge >= 0.3 is 0 Å². The average molecular weight is 360 g/mol. The van der Waals surface area contributed by atoms with E-state index in [0.29, 0.717) is 17.9 Å². The molecule has 0 saturated carbocycles. The molecule has 6 heteroatoms. The third-order valence-corrected chi connectivity index (χ3v) is 4.51. The number of amides is 1. The maximum atomic E-state index is 13.0. The number of aliphatic hydroxyl groups excluding tert-OH is 1. The molecule has 3 N–H and O–H groups in total. The Morgan fingerprint density at radius 3 is 2.63 bits per heavy atom. The zero-order valence-corrected chi connectivity index (χ0v) is 14.7. The van der Waals surface area contributed by atoms with E-state index < -0.39 is 0 Å². The van der Waals surface area contributed by atoms with Crippen molar-refractivity contribution in [2.45, 2.75) is 19.1 Å². The van der Waals surface area contributed by atoms with Crippen LogP contribution >= 0.6 is 0 Å². The number of anilines is 1. The molecular weight excluding hydrogens is 340 g/mol. The number of aliphatic hydroxyl groups is 1. The minimum absolute atomic E-state index is 0.0868. The third-order valence-electron chi connectivity index (χ3n) is 4.51. The Kier molecular flexibility index (Phi) is 4.72. The summed E-state index contributed by atoms with van der Waals surface area (Å²) >= 11 is 0. The van der Waals surface area contributed by atoms with Crippen LogP contribution in [0.25, 0.3) is 11.0 Å². The predicted molar refractivity (Wildman–Crippen MR) is 104 cm³/mol. The number of hydrogen-bond donors (Lipinski definition) is 3. The van der Waals surface area contributed by atoms with Crippen molar-refractivity contribution in [2.75, 3.05) is 5.32 Å². The molecule has 0 fully saturated rings. The van der Waals surface area contributed by atoms with Crippen molar-refractivity contribution in [2.24, 2.45) is 0 Å². The van der Waals surface area contributed by atoms with E-state index in [1.165, 1.54) is 0 Å². The highest BCUT2D eigenvalue weighted by Crippen LogP contribution is 2.21. The van der Waals surface area contributed by atoms with Crippen LogP contribution in [0.2, 0.25) is 0 Å². The molecule has 0 aliphatic heterocycles. The molecule has 2 aromatic heterocycles. The van der Waals surface area contributed by atoms with Gasteiger partial charge in [-0.25, -0.2) is 4.98 Å². The number of benzene rings is 2. The van der Waals surface area contributed by atoms with E-state index in [2.05, 4.69) is 15.3 Å². The summed E-state index contributed by atoms with van der Waals surface area (Å²) in [6.45, 7) is -0.150. The second-order valence-electron chi connectivity index (χ2n) is 6.40. The molecule has 27 heavy (non-hydrogen) atoms. The molecule has 1 atom stereocenters. The van der Waals surface area contributed by atoms with E-state index in [-0.39, 0.29) is 18.6 Å². The third kappa shape index (κ3) is 3.75. The lowest BCUT2D eigenvalue weighted by Crippen LogP contribution is -2.27. The normalized spacial score (nSPS) is 12.2. The highest BCUT2D eigenvalue weighted by Gasteiger charge is 2.20. The highest BCUT2D eigenvalue weighted by atomic mass is 16.3. The van der Waals surface area contributed by atoms with Crippen LogP contribution in [0.4, 0.5) is 5.69 Å². The van der Waals surface area contributed by atoms with Gasteiger partial charge in [0.25, 0.3) is 0 Å². The van der Waals surface area contributed by atoms with E-state index in [1.807, 2.05) is 77.6 Å². The second-order valence-corrected chi connectivity index (χ2v) is 6.40. The van der Waals surface area contributed by atoms with E-state index >= 15 is 0 Å². The lowest BCUT2D eigenvalue weighted by atomic mass is 10.0. The van der Waals surface area contributed by atoms with Crippen molar-refractivity contribution >= 4 is 22.6 Å². The molecule has 0 unspecified atom stereocenters. The minimum atomic E-state index is -0.354. The molecule has 4 aromatic rings. The van der Waals surface area contributed by atoms with Gasteiger partial charge in [0.05, 0.1) is 11.0 Å². The fourth-order valence-electron chi connectivity index (χ4n) is 3.17. The van der Waals surface area contributed by atoms with Gasteiger partial charge in [0.1, 0.15) is 18.5 Å². The Morgan fingerprint density at radius 1 is 1.11 bits per heavy atom. The largest absolute Gasteiger partial charge is 0.388 e. The van der Waals surface area contributed by atoms with Crippen LogP contribution in [0.5, 0.6) is 0 Å². The Hall–Kier alpha value is -3.38. The van der Waals surface area contributed by atoms with Gasteiger partial charge < -0.3 is 20.0 Å². The van der Waals surface area contributed by atoms with Crippen molar-refractivity contribution in [3.63, 3.8) is 0 Å². The average Bonchev–Trinajstić information content (AvgIpc) is 3.36. The molecule has 6 nitrogen and oxygen atoms in total. The van der Waals surface area contributed by atoms with Crippen molar-refractivity contribution in [3.05, 3.63) is 84.4 Å². The first-order chi connectivity index (χ1) is 13.2. The van der Waals surface area contributed by atoms with Crippen molar-refractivity contribution < 1.29 is 9.90 Å². The second kappa shape index (κ2) is 7.47. The molecule has 0 aliphatic rings. The number of carbonyl (C=O) groups excluding carboxylic acids is 1. The highest BCUT2D eigenvalue weighted by molar-refractivity contribution is 5.95. The molecule has 2 heterocycles. The number of nitrogens with one attached hydrogen (secondary N) is 2. The molecule has 0 saturated heterocycles. The van der Waals surface area contributed by atoms with Crippen LogP contribution in [0.3, 0.4) is 0 Å². The lowest BCUT2D eigenvalue weighted by Gasteiger charge is -2.19. The number of rotatable bonds is 6. The predicted octanol–water partition coefficient (Wildman–Crippen LogP) is 3.28. The van der Waals surface area contributed by atoms with Crippen LogP contribution < -0.4 is 5.32 Å². The number of imidazole rings is 1. The first-order valence-corrected chi connectivity index (χ1v) is 8.79. The maximum absolute atomic E-state index is 13.0. The quantitative estimate of drug-likeness (QED) is 0.493. The summed E-state index contributed by atoms with van der Waals surface area (Å²) in [4.78, 5) is 20.3. The Bertz CT molecular complexity index is 1040. The number of nitrogens with zero attached hydrogens (tertiary/aromatic N) is 2. The van der Waals surface area contributed by atoms with E-state index in [4.69, 9.17) is 0 Å². The Morgan fingerprint density at radius 2 is 1.89 bits per heavy atom. The standard InChI is InChI=1S/C21H20N4O2/c26-14-20-23-17-9-8-16(13-18(17)24-20)22-21(27)19(25-10-4-5-11-25)12-15-6-2-1-3-7-15/h1-11,13,19,26H,12,14H2,(H,22,27)(H,23,24)/t19-/m0/s1. The first kappa shape index (κ1) is 17.1. The molecule has 0 aliphatic carbocycles. The van der Waals surface area contributed by atoms with Crippen LogP contribution in [-0.4, -0.2) is 25.5 Å². The van der Waals surface area contributed by atoms with E-state index in [1.54, 1.807) is 0 Å². The van der Waals surface area contributed by atoms with Gasteiger partial charge in [-0.15, -0.1) is 0 Å². The van der Waals surface area contributed by atoms with Crippen molar-refractivity contribution in [1.82, 2.24) is 14.5 Å². The SMILES string of the molecule is O=C(Nc1ccc2nc(CO)[nH]c2c1)[C@H](Cc1ccccc1)n1cccc1. The van der Waals surface area contributed by atoms with Gasteiger partial charge in [0.15, 0.2) is 0 Å². The molecule has 136 valence electrons. The summed E-state index contributed by atoms with van der Waals surface area (Å²) in [5, 5.41) is 12.2. The van der Waals surface area contributed by atoms with E-state index in [0.717, 1.165) is 16.6 Å². The van der Waals surface area contributed by atoms with Gasteiger partial charge in [0, 0.05) is 24.5 Å².